The van der Waals surface area contributed by atoms with Crippen molar-refractivity contribution in [2.45, 2.75) is 31.7 Å². The Balaban J connectivity index is 1.59. The zero-order valence-corrected chi connectivity index (χ0v) is 16.8. The Hall–Kier alpha value is -3.36. The third-order valence-corrected chi connectivity index (χ3v) is 5.87. The van der Waals surface area contributed by atoms with Gasteiger partial charge < -0.3 is 15.4 Å². The van der Waals surface area contributed by atoms with Crippen LogP contribution in [0.5, 0.6) is 5.75 Å². The molecule has 1 aromatic carbocycles. The molecule has 1 fully saturated rings. The van der Waals surface area contributed by atoms with E-state index >= 15 is 0 Å². The maximum absolute atomic E-state index is 6.22. The van der Waals surface area contributed by atoms with Crippen LogP contribution in [-0.4, -0.2) is 49.1 Å². The summed E-state index contributed by atoms with van der Waals surface area (Å²) in [6.07, 6.45) is 6.07. The lowest BCUT2D eigenvalue weighted by Gasteiger charge is -2.39. The molecule has 4 heterocycles. The van der Waals surface area contributed by atoms with Gasteiger partial charge in [0.2, 0.25) is 5.95 Å². The van der Waals surface area contributed by atoms with Gasteiger partial charge in [-0.2, -0.15) is 9.61 Å². The molecule has 1 saturated heterocycles. The van der Waals surface area contributed by atoms with E-state index in [2.05, 4.69) is 28.1 Å². The first-order valence-corrected chi connectivity index (χ1v) is 9.81. The van der Waals surface area contributed by atoms with E-state index < -0.39 is 0 Å². The van der Waals surface area contributed by atoms with E-state index in [1.807, 2.05) is 36.1 Å². The van der Waals surface area contributed by atoms with Crippen LogP contribution >= 0.6 is 0 Å². The third-order valence-electron chi connectivity index (χ3n) is 5.87. The minimum absolute atomic E-state index is 0.198. The van der Waals surface area contributed by atoms with Gasteiger partial charge in [-0.05, 0) is 31.9 Å². The molecule has 0 amide bonds. The summed E-state index contributed by atoms with van der Waals surface area (Å²) in [5.74, 6) is 1.98. The maximum atomic E-state index is 6.22. The van der Waals surface area contributed by atoms with Crippen molar-refractivity contribution < 1.29 is 4.74 Å². The summed E-state index contributed by atoms with van der Waals surface area (Å²) in [6.45, 7) is 3.23. The Morgan fingerprint density at radius 2 is 2.10 bits per heavy atom. The van der Waals surface area contributed by atoms with Gasteiger partial charge in [-0.15, -0.1) is 5.10 Å². The molecule has 29 heavy (non-hydrogen) atoms. The molecule has 0 spiro atoms. The molecule has 0 saturated carbocycles. The molecule has 5 rings (SSSR count). The largest absolute Gasteiger partial charge is 0.494 e. The number of anilines is 2. The number of benzene rings is 1. The standard InChI is InChI=1S/C20H24N8O/c1-12-14(7-5-9-27(12)13-10-22-26(2)11-13)18-24-19-15-6-4-8-16(29-3)17(15)23-20(21)28(19)25-18/h4,6,8,10-12,14H,5,7,9H2,1-3H3,(H2,21,23). The third kappa shape index (κ3) is 2.76. The van der Waals surface area contributed by atoms with Gasteiger partial charge >= 0.3 is 0 Å². The Morgan fingerprint density at radius 1 is 1.24 bits per heavy atom. The van der Waals surface area contributed by atoms with E-state index in [1.165, 1.54) is 0 Å². The Kier molecular flexibility index (Phi) is 4.04. The fourth-order valence-corrected chi connectivity index (χ4v) is 4.37. The van der Waals surface area contributed by atoms with Gasteiger partial charge in [0.15, 0.2) is 11.5 Å². The monoisotopic (exact) mass is 392 g/mol. The number of hydrogen-bond donors (Lipinski definition) is 1. The fourth-order valence-electron chi connectivity index (χ4n) is 4.37. The molecule has 150 valence electrons. The van der Waals surface area contributed by atoms with E-state index in [4.69, 9.17) is 20.6 Å². The zero-order chi connectivity index (χ0) is 20.1. The van der Waals surface area contributed by atoms with Gasteiger partial charge in [-0.1, -0.05) is 6.07 Å². The lowest BCUT2D eigenvalue weighted by molar-refractivity contribution is 0.408. The van der Waals surface area contributed by atoms with E-state index in [0.717, 1.165) is 36.3 Å². The minimum Gasteiger partial charge on any atom is -0.494 e. The normalized spacial score (nSPS) is 19.9. The number of nitrogens with zero attached hydrogens (tertiary/aromatic N) is 7. The summed E-state index contributed by atoms with van der Waals surface area (Å²) in [4.78, 5) is 11.8. The van der Waals surface area contributed by atoms with E-state index in [0.29, 0.717) is 22.9 Å². The van der Waals surface area contributed by atoms with Crippen LogP contribution in [0.3, 0.4) is 0 Å². The average Bonchev–Trinajstić information content (AvgIpc) is 3.35. The number of piperidine rings is 1. The topological polar surface area (TPSA) is 99.4 Å². The Labute approximate surface area is 168 Å². The number of fused-ring (bicyclic) bond motifs is 3. The summed E-state index contributed by atoms with van der Waals surface area (Å²) in [6, 6.07) is 6.03. The van der Waals surface area contributed by atoms with Gasteiger partial charge in [0.05, 0.1) is 19.0 Å². The summed E-state index contributed by atoms with van der Waals surface area (Å²) in [5, 5.41) is 9.96. The molecule has 2 N–H and O–H groups in total. The van der Waals surface area contributed by atoms with Crippen LogP contribution in [0.25, 0.3) is 16.6 Å². The number of rotatable bonds is 3. The Bertz CT molecular complexity index is 1200. The molecule has 4 aromatic rings. The van der Waals surface area contributed by atoms with Crippen LogP contribution in [0.15, 0.2) is 30.6 Å². The second-order valence-corrected chi connectivity index (χ2v) is 7.59. The van der Waals surface area contributed by atoms with Crippen LogP contribution < -0.4 is 15.4 Å². The molecule has 9 nitrogen and oxygen atoms in total. The molecule has 3 aromatic heterocycles. The second-order valence-electron chi connectivity index (χ2n) is 7.59. The highest BCUT2D eigenvalue weighted by Gasteiger charge is 2.33. The highest BCUT2D eigenvalue weighted by atomic mass is 16.5. The first-order valence-electron chi connectivity index (χ1n) is 9.81. The zero-order valence-electron chi connectivity index (χ0n) is 16.8. The second kappa shape index (κ2) is 6.61. The summed E-state index contributed by atoms with van der Waals surface area (Å²) in [5.41, 5.74) is 8.76. The number of nitrogen functional groups attached to an aromatic ring is 1. The molecule has 0 bridgehead atoms. The van der Waals surface area contributed by atoms with E-state index in [-0.39, 0.29) is 12.0 Å². The van der Waals surface area contributed by atoms with E-state index in [9.17, 15) is 0 Å². The highest BCUT2D eigenvalue weighted by Crippen LogP contribution is 2.35. The first-order chi connectivity index (χ1) is 14.1. The maximum Gasteiger partial charge on any atom is 0.223 e. The van der Waals surface area contributed by atoms with E-state index in [1.54, 1.807) is 11.6 Å². The lowest BCUT2D eigenvalue weighted by atomic mass is 9.89. The SMILES string of the molecule is COc1cccc2c1nc(N)n1nc(C3CCCN(c4cnn(C)c4)C3C)nc21. The van der Waals surface area contributed by atoms with Crippen LogP contribution in [0.1, 0.15) is 31.5 Å². The molecule has 0 radical (unpaired) electrons. The molecule has 2 unspecified atom stereocenters. The number of hydrogen-bond acceptors (Lipinski definition) is 7. The number of aromatic nitrogens is 6. The molecular weight excluding hydrogens is 368 g/mol. The highest BCUT2D eigenvalue weighted by molar-refractivity contribution is 5.95. The van der Waals surface area contributed by atoms with Crippen LogP contribution in [0, 0.1) is 0 Å². The van der Waals surface area contributed by atoms with Crippen LogP contribution in [0.4, 0.5) is 11.6 Å². The van der Waals surface area contributed by atoms with Gasteiger partial charge in [0.1, 0.15) is 11.3 Å². The minimum atomic E-state index is 0.198. The number of ether oxygens (including phenoxy) is 1. The smallest absolute Gasteiger partial charge is 0.223 e. The predicted molar refractivity (Wildman–Crippen MR) is 111 cm³/mol. The first kappa shape index (κ1) is 17.7. The molecule has 1 aliphatic rings. The van der Waals surface area contributed by atoms with Crippen molar-refractivity contribution in [1.29, 1.82) is 0 Å². The van der Waals surface area contributed by atoms with Gasteiger partial charge in [-0.25, -0.2) is 9.97 Å². The van der Waals surface area contributed by atoms with Crippen LogP contribution in [0.2, 0.25) is 0 Å². The average molecular weight is 392 g/mol. The van der Waals surface area contributed by atoms with Crippen molar-refractivity contribution in [3.05, 3.63) is 36.4 Å². The van der Waals surface area contributed by atoms with Crippen molar-refractivity contribution in [2.24, 2.45) is 7.05 Å². The van der Waals surface area contributed by atoms with Gasteiger partial charge in [-0.3, -0.25) is 4.68 Å². The lowest BCUT2D eigenvalue weighted by Crippen LogP contribution is -2.42. The summed E-state index contributed by atoms with van der Waals surface area (Å²) < 4.78 is 8.93. The van der Waals surface area contributed by atoms with Crippen molar-refractivity contribution in [3.63, 3.8) is 0 Å². The molecule has 2 atom stereocenters. The predicted octanol–water partition coefficient (Wildman–Crippen LogP) is 2.37. The van der Waals surface area contributed by atoms with Crippen molar-refractivity contribution in [3.8, 4) is 5.75 Å². The van der Waals surface area contributed by atoms with Gasteiger partial charge in [0, 0.05) is 37.1 Å². The molecule has 0 aliphatic carbocycles. The van der Waals surface area contributed by atoms with Crippen molar-refractivity contribution in [1.82, 2.24) is 29.4 Å². The molecule has 1 aliphatic heterocycles. The number of nitrogens with two attached hydrogens (primary N) is 1. The summed E-state index contributed by atoms with van der Waals surface area (Å²) in [7, 11) is 3.57. The quantitative estimate of drug-likeness (QED) is 0.571. The van der Waals surface area contributed by atoms with Crippen LogP contribution in [-0.2, 0) is 7.05 Å². The molecular formula is C20H24N8O. The van der Waals surface area contributed by atoms with Crippen molar-refractivity contribution >= 4 is 28.2 Å². The van der Waals surface area contributed by atoms with Crippen molar-refractivity contribution in [2.75, 3.05) is 24.3 Å². The molecule has 9 heteroatoms. The number of aryl methyl sites for hydroxylation is 1. The summed E-state index contributed by atoms with van der Waals surface area (Å²) >= 11 is 0. The fraction of sp³-hybridized carbons (Fsp3) is 0.400. The van der Waals surface area contributed by atoms with Gasteiger partial charge in [0.25, 0.3) is 0 Å². The number of para-hydroxylation sites is 1. The Morgan fingerprint density at radius 3 is 2.86 bits per heavy atom. The number of methoxy groups -OCH3 is 1.